The first-order valence-corrected chi connectivity index (χ1v) is 7.81. The van der Waals surface area contributed by atoms with Crippen molar-refractivity contribution < 1.29 is 9.13 Å². The van der Waals surface area contributed by atoms with Gasteiger partial charge in [0, 0.05) is 32.4 Å². The number of aliphatic imine (C=N–C) groups is 1. The average Bonchev–Trinajstić information content (AvgIpc) is 2.59. The number of guanidine groups is 1. The maximum absolute atomic E-state index is 13.1. The van der Waals surface area contributed by atoms with Crippen molar-refractivity contribution in [1.82, 2.24) is 15.6 Å². The third-order valence-corrected chi connectivity index (χ3v) is 3.68. The highest BCUT2D eigenvalue weighted by Crippen LogP contribution is 2.10. The van der Waals surface area contributed by atoms with Crippen LogP contribution >= 0.6 is 0 Å². The number of benzene rings is 1. The molecule has 0 aliphatic rings. The number of pyridine rings is 1. The van der Waals surface area contributed by atoms with Crippen LogP contribution in [-0.2, 0) is 13.0 Å². The number of nitrogens with zero attached hydrogens (tertiary/aromatic N) is 2. The summed E-state index contributed by atoms with van der Waals surface area (Å²) in [4.78, 5) is 8.28. The molecule has 0 saturated heterocycles. The predicted molar refractivity (Wildman–Crippen MR) is 93.8 cm³/mol. The summed E-state index contributed by atoms with van der Waals surface area (Å²) < 4.78 is 18.2. The van der Waals surface area contributed by atoms with Gasteiger partial charge in [-0.05, 0) is 48.2 Å². The second-order valence-corrected chi connectivity index (χ2v) is 5.38. The van der Waals surface area contributed by atoms with Crippen molar-refractivity contribution in [2.75, 3.05) is 20.7 Å². The van der Waals surface area contributed by atoms with E-state index in [1.54, 1.807) is 26.4 Å². The highest BCUT2D eigenvalue weighted by molar-refractivity contribution is 5.79. The van der Waals surface area contributed by atoms with Crippen LogP contribution in [0, 0.1) is 12.7 Å². The minimum absolute atomic E-state index is 0.200. The molecule has 0 fully saturated rings. The van der Waals surface area contributed by atoms with E-state index in [0.29, 0.717) is 24.9 Å². The summed E-state index contributed by atoms with van der Waals surface area (Å²) in [6.07, 6.45) is 2.51. The number of methoxy groups -OCH3 is 1. The molecule has 5 nitrogen and oxygen atoms in total. The smallest absolute Gasteiger partial charge is 0.213 e. The Kier molecular flexibility index (Phi) is 6.54. The van der Waals surface area contributed by atoms with Gasteiger partial charge in [-0.3, -0.25) is 4.99 Å². The van der Waals surface area contributed by atoms with E-state index in [-0.39, 0.29) is 5.82 Å². The van der Waals surface area contributed by atoms with E-state index >= 15 is 0 Å². The van der Waals surface area contributed by atoms with Crippen LogP contribution in [0.5, 0.6) is 5.88 Å². The lowest BCUT2D eigenvalue weighted by atomic mass is 10.1. The lowest BCUT2D eigenvalue weighted by Crippen LogP contribution is -2.37. The van der Waals surface area contributed by atoms with Gasteiger partial charge in [0.15, 0.2) is 5.96 Å². The van der Waals surface area contributed by atoms with Gasteiger partial charge in [0.2, 0.25) is 5.88 Å². The molecule has 0 unspecified atom stereocenters. The van der Waals surface area contributed by atoms with Crippen molar-refractivity contribution in [2.45, 2.75) is 19.9 Å². The van der Waals surface area contributed by atoms with Crippen LogP contribution in [0.15, 0.2) is 41.5 Å². The number of ether oxygens (including phenoxy) is 1. The van der Waals surface area contributed by atoms with Gasteiger partial charge in [0.1, 0.15) is 5.82 Å². The molecule has 2 N–H and O–H groups in total. The summed E-state index contributed by atoms with van der Waals surface area (Å²) in [5.41, 5.74) is 3.14. The molecule has 0 atom stereocenters. The van der Waals surface area contributed by atoms with E-state index in [4.69, 9.17) is 4.74 Å². The zero-order valence-electron chi connectivity index (χ0n) is 14.3. The van der Waals surface area contributed by atoms with E-state index in [9.17, 15) is 4.39 Å². The van der Waals surface area contributed by atoms with Crippen LogP contribution in [0.2, 0.25) is 0 Å². The van der Waals surface area contributed by atoms with Crippen LogP contribution in [0.4, 0.5) is 4.39 Å². The summed E-state index contributed by atoms with van der Waals surface area (Å²) in [5.74, 6) is 1.10. The summed E-state index contributed by atoms with van der Waals surface area (Å²) in [6.45, 7) is 3.25. The molecule has 0 spiro atoms. The van der Waals surface area contributed by atoms with E-state index in [2.05, 4.69) is 20.6 Å². The molecule has 0 saturated carbocycles. The highest BCUT2D eigenvalue weighted by atomic mass is 19.1. The maximum Gasteiger partial charge on any atom is 0.213 e. The molecule has 2 rings (SSSR count). The van der Waals surface area contributed by atoms with Gasteiger partial charge >= 0.3 is 0 Å². The molecule has 0 bridgehead atoms. The van der Waals surface area contributed by atoms with Gasteiger partial charge in [-0.1, -0.05) is 6.07 Å². The Morgan fingerprint density at radius 1 is 1.25 bits per heavy atom. The lowest BCUT2D eigenvalue weighted by molar-refractivity contribution is 0.397. The first kappa shape index (κ1) is 17.7. The van der Waals surface area contributed by atoms with E-state index in [1.165, 1.54) is 6.07 Å². The fourth-order valence-corrected chi connectivity index (χ4v) is 2.33. The second-order valence-electron chi connectivity index (χ2n) is 5.38. The van der Waals surface area contributed by atoms with E-state index in [0.717, 1.165) is 23.1 Å². The molecule has 0 aliphatic heterocycles. The SMILES string of the molecule is CN=C(NCCc1ccc(F)cc1C)NCc1ccnc(OC)c1. The van der Waals surface area contributed by atoms with E-state index in [1.807, 2.05) is 25.1 Å². The number of halogens is 1. The Hall–Kier alpha value is -2.63. The minimum Gasteiger partial charge on any atom is -0.481 e. The van der Waals surface area contributed by atoms with E-state index < -0.39 is 0 Å². The number of hydrogen-bond acceptors (Lipinski definition) is 3. The molecular formula is C18H23FN4O. The summed E-state index contributed by atoms with van der Waals surface area (Å²) in [5, 5.41) is 6.50. The Bertz CT molecular complexity index is 703. The zero-order chi connectivity index (χ0) is 17.4. The van der Waals surface area contributed by atoms with Gasteiger partial charge in [0.05, 0.1) is 7.11 Å². The van der Waals surface area contributed by atoms with Crippen molar-refractivity contribution in [3.05, 3.63) is 59.0 Å². The Labute approximate surface area is 142 Å². The molecular weight excluding hydrogens is 307 g/mol. The molecule has 0 radical (unpaired) electrons. The third-order valence-electron chi connectivity index (χ3n) is 3.68. The average molecular weight is 330 g/mol. The Balaban J connectivity index is 1.82. The largest absolute Gasteiger partial charge is 0.481 e. The van der Waals surface area contributed by atoms with Gasteiger partial charge in [-0.15, -0.1) is 0 Å². The van der Waals surface area contributed by atoms with Gasteiger partial charge in [-0.25, -0.2) is 9.37 Å². The molecule has 1 heterocycles. The van der Waals surface area contributed by atoms with Crippen molar-refractivity contribution in [1.29, 1.82) is 0 Å². The predicted octanol–water partition coefficient (Wildman–Crippen LogP) is 2.45. The Morgan fingerprint density at radius 2 is 2.08 bits per heavy atom. The minimum atomic E-state index is -0.200. The molecule has 0 amide bonds. The van der Waals surface area contributed by atoms with Crippen LogP contribution in [0.25, 0.3) is 0 Å². The lowest BCUT2D eigenvalue weighted by Gasteiger charge is -2.13. The summed E-state index contributed by atoms with van der Waals surface area (Å²) in [6, 6.07) is 8.67. The van der Waals surface area contributed by atoms with Crippen molar-refractivity contribution >= 4 is 5.96 Å². The topological polar surface area (TPSA) is 58.5 Å². The molecule has 1 aromatic heterocycles. The summed E-state index contributed by atoms with van der Waals surface area (Å²) >= 11 is 0. The molecule has 1 aromatic carbocycles. The normalized spacial score (nSPS) is 11.2. The summed E-state index contributed by atoms with van der Waals surface area (Å²) in [7, 11) is 3.32. The first-order valence-electron chi connectivity index (χ1n) is 7.81. The maximum atomic E-state index is 13.1. The van der Waals surface area contributed by atoms with Crippen molar-refractivity contribution in [3.8, 4) is 5.88 Å². The van der Waals surface area contributed by atoms with Crippen LogP contribution in [0.3, 0.4) is 0 Å². The standard InChI is InChI=1S/C18H23FN4O/c1-13-10-16(19)5-4-15(13)7-9-22-18(20-2)23-12-14-6-8-21-17(11-14)24-3/h4-6,8,10-11H,7,9,12H2,1-3H3,(H2,20,22,23). The fraction of sp³-hybridized carbons (Fsp3) is 0.333. The van der Waals surface area contributed by atoms with Crippen molar-refractivity contribution in [3.63, 3.8) is 0 Å². The van der Waals surface area contributed by atoms with Crippen LogP contribution < -0.4 is 15.4 Å². The molecule has 2 aromatic rings. The second kappa shape index (κ2) is 8.86. The van der Waals surface area contributed by atoms with Crippen molar-refractivity contribution in [2.24, 2.45) is 4.99 Å². The quantitative estimate of drug-likeness (QED) is 0.631. The molecule has 128 valence electrons. The number of rotatable bonds is 6. The number of aryl methyl sites for hydroxylation is 1. The van der Waals surface area contributed by atoms with Gasteiger partial charge in [0.25, 0.3) is 0 Å². The highest BCUT2D eigenvalue weighted by Gasteiger charge is 2.03. The molecule has 24 heavy (non-hydrogen) atoms. The monoisotopic (exact) mass is 330 g/mol. The first-order chi connectivity index (χ1) is 11.6. The van der Waals surface area contributed by atoms with Gasteiger partial charge in [-0.2, -0.15) is 0 Å². The Morgan fingerprint density at radius 3 is 2.79 bits per heavy atom. The molecule has 0 aliphatic carbocycles. The number of nitrogens with one attached hydrogen (secondary N) is 2. The van der Waals surface area contributed by atoms with Crippen LogP contribution in [0.1, 0.15) is 16.7 Å². The fourth-order valence-electron chi connectivity index (χ4n) is 2.33. The van der Waals surface area contributed by atoms with Gasteiger partial charge < -0.3 is 15.4 Å². The number of hydrogen-bond donors (Lipinski definition) is 2. The third kappa shape index (κ3) is 5.22. The van der Waals surface area contributed by atoms with Crippen LogP contribution in [-0.4, -0.2) is 31.6 Å². The zero-order valence-corrected chi connectivity index (χ0v) is 14.3. The molecule has 6 heteroatoms. The number of aromatic nitrogens is 1.